The average molecular weight is 355 g/mol. The van der Waals surface area contributed by atoms with Crippen LogP contribution >= 0.6 is 0 Å². The van der Waals surface area contributed by atoms with Crippen molar-refractivity contribution >= 4 is 17.6 Å². The molecule has 0 unspecified atom stereocenters. The van der Waals surface area contributed by atoms with E-state index in [1.54, 1.807) is 6.07 Å². The number of carbonyl (C=O) groups is 2. The second-order valence-electron chi connectivity index (χ2n) is 8.14. The highest BCUT2D eigenvalue weighted by Crippen LogP contribution is 2.59. The number of carbonyl (C=O) groups excluding carboxylic acids is 2. The van der Waals surface area contributed by atoms with E-state index in [0.717, 1.165) is 23.6 Å². The summed E-state index contributed by atoms with van der Waals surface area (Å²) in [5, 5.41) is 2.83. The third-order valence-corrected chi connectivity index (χ3v) is 6.31. The quantitative estimate of drug-likeness (QED) is 0.649. The van der Waals surface area contributed by atoms with Gasteiger partial charge < -0.3 is 14.8 Å². The number of aryl methyl sites for hydroxylation is 1. The molecule has 4 aliphatic rings. The molecular formula is C21H25NO4. The van der Waals surface area contributed by atoms with Crippen molar-refractivity contribution in [3.63, 3.8) is 0 Å². The Bertz CT molecular complexity index is 780. The number of anilines is 1. The van der Waals surface area contributed by atoms with Gasteiger partial charge in [-0.05, 0) is 65.8 Å². The number of benzene rings is 1. The lowest BCUT2D eigenvalue weighted by atomic mass is 9.49. The fourth-order valence-corrected chi connectivity index (χ4v) is 4.44. The molecule has 0 saturated heterocycles. The molecule has 1 N–H and O–H groups in total. The molecule has 1 saturated carbocycles. The van der Waals surface area contributed by atoms with Crippen molar-refractivity contribution in [2.75, 3.05) is 18.5 Å². The predicted octanol–water partition coefficient (Wildman–Crippen LogP) is 3.49. The van der Waals surface area contributed by atoms with Crippen molar-refractivity contribution in [3.05, 3.63) is 35.4 Å². The summed E-state index contributed by atoms with van der Waals surface area (Å²) in [6.45, 7) is 4.89. The zero-order valence-electron chi connectivity index (χ0n) is 15.3. The highest BCUT2D eigenvalue weighted by Gasteiger charge is 2.51. The lowest BCUT2D eigenvalue weighted by Crippen LogP contribution is -2.48. The van der Waals surface area contributed by atoms with Gasteiger partial charge in [-0.25, -0.2) is 4.79 Å². The third-order valence-electron chi connectivity index (χ3n) is 6.31. The van der Waals surface area contributed by atoms with Crippen molar-refractivity contribution in [1.29, 1.82) is 0 Å². The van der Waals surface area contributed by atoms with Crippen LogP contribution in [0.3, 0.4) is 0 Å². The Kier molecular flexibility index (Phi) is 4.25. The van der Waals surface area contributed by atoms with Crippen LogP contribution in [0.25, 0.3) is 0 Å². The Morgan fingerprint density at radius 1 is 1.31 bits per heavy atom. The van der Waals surface area contributed by atoms with Gasteiger partial charge in [-0.2, -0.15) is 0 Å². The number of amides is 1. The number of hydrogen-bond acceptors (Lipinski definition) is 4. The molecule has 5 nitrogen and oxygen atoms in total. The zero-order valence-corrected chi connectivity index (χ0v) is 15.3. The summed E-state index contributed by atoms with van der Waals surface area (Å²) in [6.07, 6.45) is 5.73. The van der Waals surface area contributed by atoms with Crippen molar-refractivity contribution < 1.29 is 19.1 Å². The maximum absolute atomic E-state index is 12.0. The molecule has 2 bridgehead atoms. The SMILES string of the molecule is CC1(C)[C@H]2CC=C(COC(=O)COc3ccc4c(c3)CCC(=O)N4)[C@@H]1C2. The number of ether oxygens (including phenoxy) is 2. The van der Waals surface area contributed by atoms with Gasteiger partial charge in [-0.1, -0.05) is 19.9 Å². The molecule has 0 spiro atoms. The lowest BCUT2D eigenvalue weighted by Gasteiger charge is -2.56. The van der Waals surface area contributed by atoms with Crippen LogP contribution in [-0.2, 0) is 20.7 Å². The van der Waals surface area contributed by atoms with E-state index in [-0.39, 0.29) is 18.5 Å². The largest absolute Gasteiger partial charge is 0.482 e. The van der Waals surface area contributed by atoms with Gasteiger partial charge in [0.05, 0.1) is 0 Å². The van der Waals surface area contributed by atoms with Crippen LogP contribution in [0.5, 0.6) is 5.75 Å². The second kappa shape index (κ2) is 6.45. The third kappa shape index (κ3) is 3.11. The number of rotatable bonds is 5. The van der Waals surface area contributed by atoms with Gasteiger partial charge >= 0.3 is 5.97 Å². The van der Waals surface area contributed by atoms with Crippen LogP contribution in [0.4, 0.5) is 5.69 Å². The van der Waals surface area contributed by atoms with Crippen LogP contribution in [0.2, 0.25) is 0 Å². The minimum absolute atomic E-state index is 0.0349. The maximum atomic E-state index is 12.0. The molecule has 3 aliphatic carbocycles. The normalized spacial score (nSPS) is 25.3. The Balaban J connectivity index is 1.27. The van der Waals surface area contributed by atoms with Crippen LogP contribution < -0.4 is 10.1 Å². The number of fused-ring (bicyclic) bond motifs is 2. The van der Waals surface area contributed by atoms with Crippen molar-refractivity contribution in [2.24, 2.45) is 17.3 Å². The molecule has 2 atom stereocenters. The molecule has 5 rings (SSSR count). The minimum Gasteiger partial charge on any atom is -0.482 e. The Hall–Kier alpha value is -2.30. The van der Waals surface area contributed by atoms with Crippen LogP contribution in [0.15, 0.2) is 29.8 Å². The van der Waals surface area contributed by atoms with Gasteiger partial charge in [0.15, 0.2) is 6.61 Å². The average Bonchev–Trinajstić information content (AvgIpc) is 2.64. The van der Waals surface area contributed by atoms with E-state index >= 15 is 0 Å². The fraction of sp³-hybridized carbons (Fsp3) is 0.524. The van der Waals surface area contributed by atoms with Crippen LogP contribution in [0.1, 0.15) is 38.7 Å². The second-order valence-corrected chi connectivity index (χ2v) is 8.14. The number of nitrogens with one attached hydrogen (secondary N) is 1. The topological polar surface area (TPSA) is 64.6 Å². The van der Waals surface area contributed by atoms with E-state index < -0.39 is 0 Å². The molecular weight excluding hydrogens is 330 g/mol. The van der Waals surface area contributed by atoms with E-state index in [1.807, 2.05) is 12.1 Å². The number of allylic oxidation sites excluding steroid dienone is 1. The van der Waals surface area contributed by atoms with Crippen LogP contribution in [0, 0.1) is 17.3 Å². The predicted molar refractivity (Wildman–Crippen MR) is 97.9 cm³/mol. The minimum atomic E-state index is -0.351. The summed E-state index contributed by atoms with van der Waals surface area (Å²) in [5.74, 6) is 1.63. The zero-order chi connectivity index (χ0) is 18.3. The van der Waals surface area contributed by atoms with Gasteiger partial charge in [0.2, 0.25) is 5.91 Å². The van der Waals surface area contributed by atoms with E-state index in [4.69, 9.17) is 9.47 Å². The Morgan fingerprint density at radius 3 is 2.92 bits per heavy atom. The van der Waals surface area contributed by atoms with E-state index in [2.05, 4.69) is 25.2 Å². The van der Waals surface area contributed by atoms with Gasteiger partial charge in [-0.3, -0.25) is 4.79 Å². The Labute approximate surface area is 153 Å². The van der Waals surface area contributed by atoms with Crippen molar-refractivity contribution in [3.8, 4) is 5.75 Å². The first-order valence-electron chi connectivity index (χ1n) is 9.33. The summed E-state index contributed by atoms with van der Waals surface area (Å²) >= 11 is 0. The standard InChI is InChI=1S/C21H25NO4/c1-21(2)15-5-3-14(17(21)10-15)11-26-20(24)12-25-16-6-7-18-13(9-16)4-8-19(23)22-18/h3,6-7,9,15,17H,4-5,8,10-12H2,1-2H3,(H,22,23)/t15-,17-/m0/s1. The van der Waals surface area contributed by atoms with Gasteiger partial charge in [0.1, 0.15) is 12.4 Å². The molecule has 1 aliphatic heterocycles. The first kappa shape index (κ1) is 17.1. The van der Waals surface area contributed by atoms with Gasteiger partial charge in [0.25, 0.3) is 0 Å². The van der Waals surface area contributed by atoms with Gasteiger partial charge in [-0.15, -0.1) is 0 Å². The maximum Gasteiger partial charge on any atom is 0.344 e. The summed E-state index contributed by atoms with van der Waals surface area (Å²) in [6, 6.07) is 5.45. The molecule has 1 aromatic carbocycles. The Morgan fingerprint density at radius 2 is 2.15 bits per heavy atom. The highest BCUT2D eigenvalue weighted by atomic mass is 16.6. The van der Waals surface area contributed by atoms with Gasteiger partial charge in [0, 0.05) is 12.1 Å². The van der Waals surface area contributed by atoms with Crippen molar-refractivity contribution in [2.45, 2.75) is 39.5 Å². The van der Waals surface area contributed by atoms with E-state index in [9.17, 15) is 9.59 Å². The first-order valence-corrected chi connectivity index (χ1v) is 9.33. The van der Waals surface area contributed by atoms with E-state index in [1.165, 1.54) is 12.0 Å². The first-order chi connectivity index (χ1) is 12.4. The highest BCUT2D eigenvalue weighted by molar-refractivity contribution is 5.94. The molecule has 138 valence electrons. The molecule has 1 amide bonds. The summed E-state index contributed by atoms with van der Waals surface area (Å²) in [7, 11) is 0. The number of esters is 1. The van der Waals surface area contributed by atoms with Crippen molar-refractivity contribution in [1.82, 2.24) is 0 Å². The summed E-state index contributed by atoms with van der Waals surface area (Å²) in [4.78, 5) is 23.4. The number of hydrogen-bond donors (Lipinski definition) is 1. The molecule has 0 radical (unpaired) electrons. The molecule has 26 heavy (non-hydrogen) atoms. The molecule has 1 heterocycles. The van der Waals surface area contributed by atoms with E-state index in [0.29, 0.717) is 36.5 Å². The molecule has 0 aromatic heterocycles. The monoisotopic (exact) mass is 355 g/mol. The fourth-order valence-electron chi connectivity index (χ4n) is 4.44. The summed E-state index contributed by atoms with van der Waals surface area (Å²) in [5.41, 5.74) is 3.45. The molecule has 1 aromatic rings. The molecule has 1 fully saturated rings. The molecule has 5 heteroatoms. The lowest BCUT2D eigenvalue weighted by molar-refractivity contribution is -0.145. The van der Waals surface area contributed by atoms with Crippen LogP contribution in [-0.4, -0.2) is 25.1 Å². The smallest absolute Gasteiger partial charge is 0.344 e. The summed E-state index contributed by atoms with van der Waals surface area (Å²) < 4.78 is 11.0.